The van der Waals surface area contributed by atoms with Crippen LogP contribution in [0.1, 0.15) is 69.2 Å². The second-order valence-electron chi connectivity index (χ2n) is 8.73. The lowest BCUT2D eigenvalue weighted by atomic mass is 9.93. The Labute approximate surface area is 204 Å². The maximum Gasteiger partial charge on any atom is 0.232 e. The fourth-order valence-corrected chi connectivity index (χ4v) is 4.96. The summed E-state index contributed by atoms with van der Waals surface area (Å²) < 4.78 is 37.3. The Morgan fingerprint density at radius 2 is 1.76 bits per heavy atom. The van der Waals surface area contributed by atoms with E-state index < -0.39 is 10.0 Å². The molecule has 188 valence electrons. The summed E-state index contributed by atoms with van der Waals surface area (Å²) >= 11 is 0. The second kappa shape index (κ2) is 12.1. The Morgan fingerprint density at radius 1 is 1.09 bits per heavy atom. The first-order valence-electron chi connectivity index (χ1n) is 11.7. The van der Waals surface area contributed by atoms with Crippen LogP contribution in [-0.4, -0.2) is 40.8 Å². The van der Waals surface area contributed by atoms with E-state index in [4.69, 9.17) is 9.47 Å². The van der Waals surface area contributed by atoms with Crippen LogP contribution in [-0.2, 0) is 14.8 Å². The van der Waals surface area contributed by atoms with E-state index in [0.29, 0.717) is 30.4 Å². The summed E-state index contributed by atoms with van der Waals surface area (Å²) in [6, 6.07) is 11.0. The van der Waals surface area contributed by atoms with Crippen molar-refractivity contribution in [3.05, 3.63) is 53.1 Å². The van der Waals surface area contributed by atoms with Gasteiger partial charge in [0.05, 0.1) is 31.7 Å². The van der Waals surface area contributed by atoms with Crippen molar-refractivity contribution in [2.75, 3.05) is 30.8 Å². The minimum absolute atomic E-state index is 0.125. The Balaban J connectivity index is 2.08. The third-order valence-corrected chi connectivity index (χ3v) is 6.86. The number of para-hydroxylation sites is 2. The van der Waals surface area contributed by atoms with Gasteiger partial charge in [-0.05, 0) is 74.1 Å². The van der Waals surface area contributed by atoms with Gasteiger partial charge in [0, 0.05) is 13.0 Å². The first kappa shape index (κ1) is 27.5. The summed E-state index contributed by atoms with van der Waals surface area (Å²) in [5, 5.41) is 3.05. The molecular formula is C26H38N2O5S. The van der Waals surface area contributed by atoms with Gasteiger partial charge in [0.15, 0.2) is 0 Å². The number of anilines is 1. The molecule has 1 atom stereocenters. The maximum atomic E-state index is 12.7. The molecule has 0 aliphatic carbocycles. The summed E-state index contributed by atoms with van der Waals surface area (Å²) in [5.41, 5.74) is 3.67. The number of methoxy groups -OCH3 is 1. The van der Waals surface area contributed by atoms with Crippen LogP contribution in [0, 0.1) is 6.92 Å². The standard InChI is InChI=1S/C26H38N2O5S/c1-8-33-24-13-10-9-12-23(24)28(34(7,30)31)15-11-14-26(29)27-20(5)22-17-21(18(2)3)25(32-6)16-19(22)4/h9-10,12-13,16-18,20H,8,11,14-15H2,1-7H3,(H,27,29). The maximum absolute atomic E-state index is 12.7. The van der Waals surface area contributed by atoms with Gasteiger partial charge in [0.25, 0.3) is 0 Å². The highest BCUT2D eigenvalue weighted by Gasteiger charge is 2.22. The van der Waals surface area contributed by atoms with Crippen molar-refractivity contribution in [2.24, 2.45) is 0 Å². The van der Waals surface area contributed by atoms with Gasteiger partial charge in [-0.25, -0.2) is 8.42 Å². The molecule has 0 aromatic heterocycles. The highest BCUT2D eigenvalue weighted by Crippen LogP contribution is 2.32. The summed E-state index contributed by atoms with van der Waals surface area (Å²) in [6.07, 6.45) is 1.75. The predicted molar refractivity (Wildman–Crippen MR) is 137 cm³/mol. The second-order valence-corrected chi connectivity index (χ2v) is 10.6. The van der Waals surface area contributed by atoms with Crippen molar-refractivity contribution in [1.29, 1.82) is 0 Å². The number of hydrogen-bond acceptors (Lipinski definition) is 5. The molecule has 8 heteroatoms. The third-order valence-electron chi connectivity index (χ3n) is 5.68. The fourth-order valence-electron chi connectivity index (χ4n) is 3.99. The number of aryl methyl sites for hydroxylation is 1. The molecule has 34 heavy (non-hydrogen) atoms. The molecular weight excluding hydrogens is 452 g/mol. The zero-order valence-electron chi connectivity index (χ0n) is 21.3. The summed E-state index contributed by atoms with van der Waals surface area (Å²) in [6.45, 7) is 10.6. The quantitative estimate of drug-likeness (QED) is 0.455. The molecule has 1 N–H and O–H groups in total. The monoisotopic (exact) mass is 490 g/mol. The van der Waals surface area contributed by atoms with Crippen LogP contribution < -0.4 is 19.1 Å². The van der Waals surface area contributed by atoms with E-state index in [1.165, 1.54) is 4.31 Å². The fraction of sp³-hybridized carbons (Fsp3) is 0.500. The molecule has 0 heterocycles. The Kier molecular flexibility index (Phi) is 9.79. The van der Waals surface area contributed by atoms with Crippen LogP contribution in [0.4, 0.5) is 5.69 Å². The molecule has 1 amide bonds. The highest BCUT2D eigenvalue weighted by atomic mass is 32.2. The SMILES string of the molecule is CCOc1ccccc1N(CCCC(=O)NC(C)c1cc(C(C)C)c(OC)cc1C)S(C)(=O)=O. The average Bonchev–Trinajstić information content (AvgIpc) is 2.76. The lowest BCUT2D eigenvalue weighted by molar-refractivity contribution is -0.121. The molecule has 0 saturated heterocycles. The molecule has 0 aliphatic heterocycles. The van der Waals surface area contributed by atoms with Gasteiger partial charge in [0.2, 0.25) is 15.9 Å². The zero-order valence-corrected chi connectivity index (χ0v) is 22.2. The number of hydrogen-bond donors (Lipinski definition) is 1. The number of ether oxygens (including phenoxy) is 2. The van der Waals surface area contributed by atoms with Crippen molar-refractivity contribution >= 4 is 21.6 Å². The first-order chi connectivity index (χ1) is 16.0. The number of carbonyl (C=O) groups excluding carboxylic acids is 1. The van der Waals surface area contributed by atoms with Crippen LogP contribution >= 0.6 is 0 Å². The highest BCUT2D eigenvalue weighted by molar-refractivity contribution is 7.92. The smallest absolute Gasteiger partial charge is 0.232 e. The number of nitrogens with zero attached hydrogens (tertiary/aromatic N) is 1. The topological polar surface area (TPSA) is 84.9 Å². The molecule has 2 aromatic rings. The van der Waals surface area contributed by atoms with Gasteiger partial charge in [-0.15, -0.1) is 0 Å². The molecule has 0 aliphatic rings. The number of benzene rings is 2. The molecule has 0 radical (unpaired) electrons. The molecule has 0 saturated carbocycles. The van der Waals surface area contributed by atoms with E-state index in [9.17, 15) is 13.2 Å². The van der Waals surface area contributed by atoms with Gasteiger partial charge in [-0.1, -0.05) is 26.0 Å². The molecule has 7 nitrogen and oxygen atoms in total. The van der Waals surface area contributed by atoms with Crippen LogP contribution in [0.15, 0.2) is 36.4 Å². The van der Waals surface area contributed by atoms with Gasteiger partial charge in [-0.3, -0.25) is 9.10 Å². The minimum atomic E-state index is -3.54. The van der Waals surface area contributed by atoms with Gasteiger partial charge >= 0.3 is 0 Å². The largest absolute Gasteiger partial charge is 0.496 e. The molecule has 0 bridgehead atoms. The zero-order chi connectivity index (χ0) is 25.5. The van der Waals surface area contributed by atoms with Crippen molar-refractivity contribution in [3.8, 4) is 11.5 Å². The van der Waals surface area contributed by atoms with Crippen LogP contribution in [0.2, 0.25) is 0 Å². The van der Waals surface area contributed by atoms with E-state index in [2.05, 4.69) is 25.2 Å². The number of carbonyl (C=O) groups is 1. The Hall–Kier alpha value is -2.74. The van der Waals surface area contributed by atoms with Gasteiger partial charge in [0.1, 0.15) is 11.5 Å². The molecule has 0 spiro atoms. The summed E-state index contributed by atoms with van der Waals surface area (Å²) in [4.78, 5) is 12.7. The van der Waals surface area contributed by atoms with Crippen molar-refractivity contribution in [2.45, 2.75) is 59.4 Å². The minimum Gasteiger partial charge on any atom is -0.496 e. The molecule has 0 fully saturated rings. The first-order valence-corrected chi connectivity index (χ1v) is 13.5. The third kappa shape index (κ3) is 7.13. The average molecular weight is 491 g/mol. The predicted octanol–water partition coefficient (Wildman–Crippen LogP) is 4.95. The number of sulfonamides is 1. The Morgan fingerprint density at radius 3 is 2.35 bits per heavy atom. The van der Waals surface area contributed by atoms with E-state index in [0.717, 1.165) is 28.7 Å². The van der Waals surface area contributed by atoms with E-state index in [1.807, 2.05) is 26.8 Å². The van der Waals surface area contributed by atoms with Crippen LogP contribution in [0.3, 0.4) is 0 Å². The Bertz CT molecular complexity index is 1080. The van der Waals surface area contributed by atoms with Crippen molar-refractivity contribution in [3.63, 3.8) is 0 Å². The van der Waals surface area contributed by atoms with Gasteiger partial charge in [-0.2, -0.15) is 0 Å². The van der Waals surface area contributed by atoms with Crippen LogP contribution in [0.25, 0.3) is 0 Å². The van der Waals surface area contributed by atoms with Gasteiger partial charge < -0.3 is 14.8 Å². The van der Waals surface area contributed by atoms with E-state index in [1.54, 1.807) is 31.4 Å². The molecule has 1 unspecified atom stereocenters. The molecule has 2 aromatic carbocycles. The number of amides is 1. The number of nitrogens with one attached hydrogen (secondary N) is 1. The lowest BCUT2D eigenvalue weighted by Crippen LogP contribution is -2.33. The number of rotatable bonds is 12. The normalized spacial score (nSPS) is 12.4. The van der Waals surface area contributed by atoms with E-state index in [-0.39, 0.29) is 24.9 Å². The lowest BCUT2D eigenvalue weighted by Gasteiger charge is -2.25. The summed E-state index contributed by atoms with van der Waals surface area (Å²) in [7, 11) is -1.87. The van der Waals surface area contributed by atoms with Crippen molar-refractivity contribution < 1.29 is 22.7 Å². The van der Waals surface area contributed by atoms with E-state index >= 15 is 0 Å². The molecule has 2 rings (SSSR count). The van der Waals surface area contributed by atoms with Crippen LogP contribution in [0.5, 0.6) is 11.5 Å². The van der Waals surface area contributed by atoms with Crippen molar-refractivity contribution in [1.82, 2.24) is 5.32 Å². The summed E-state index contributed by atoms with van der Waals surface area (Å²) in [5.74, 6) is 1.52.